The first kappa shape index (κ1) is 16.7. The molecule has 136 valence electrons. The van der Waals surface area contributed by atoms with Crippen molar-refractivity contribution >= 4 is 16.4 Å². The Morgan fingerprint density at radius 3 is 2.32 bits per heavy atom. The van der Waals surface area contributed by atoms with Crippen molar-refractivity contribution in [2.24, 2.45) is 0 Å². The van der Waals surface area contributed by atoms with E-state index in [1.165, 1.54) is 10.8 Å². The van der Waals surface area contributed by atoms with E-state index in [-0.39, 0.29) is 6.61 Å². The van der Waals surface area contributed by atoms with Crippen LogP contribution in [0.1, 0.15) is 11.1 Å². The Hall–Kier alpha value is -3.43. The summed E-state index contributed by atoms with van der Waals surface area (Å²) in [6.07, 6.45) is 4.21. The molecule has 0 saturated heterocycles. The van der Waals surface area contributed by atoms with Crippen molar-refractivity contribution in [2.75, 3.05) is 0 Å². The number of imidazole rings is 1. The van der Waals surface area contributed by atoms with Gasteiger partial charge in [0.2, 0.25) is 0 Å². The van der Waals surface area contributed by atoms with Crippen LogP contribution in [0, 0.1) is 6.92 Å². The molecule has 1 N–H and O–H groups in total. The molecule has 0 bridgehead atoms. The summed E-state index contributed by atoms with van der Waals surface area (Å²) in [6, 6.07) is 25.0. The number of benzene rings is 3. The zero-order valence-electron chi connectivity index (χ0n) is 15.6. The molecule has 0 fully saturated rings. The first-order chi connectivity index (χ1) is 13.7. The van der Waals surface area contributed by atoms with Crippen molar-refractivity contribution < 1.29 is 5.11 Å². The molecule has 28 heavy (non-hydrogen) atoms. The van der Waals surface area contributed by atoms with Crippen molar-refractivity contribution in [1.82, 2.24) is 9.38 Å². The van der Waals surface area contributed by atoms with E-state index in [9.17, 15) is 5.11 Å². The molecule has 0 aliphatic rings. The molecule has 0 radical (unpaired) electrons. The van der Waals surface area contributed by atoms with E-state index in [4.69, 9.17) is 4.98 Å². The van der Waals surface area contributed by atoms with Crippen LogP contribution in [0.5, 0.6) is 0 Å². The van der Waals surface area contributed by atoms with Gasteiger partial charge in [0.05, 0.1) is 12.3 Å². The fraction of sp³-hybridized carbons (Fsp3) is 0.0800. The Morgan fingerprint density at radius 2 is 1.54 bits per heavy atom. The topological polar surface area (TPSA) is 37.5 Å². The minimum atomic E-state index is 0.0645. The molecule has 0 unspecified atom stereocenters. The molecule has 2 heterocycles. The van der Waals surface area contributed by atoms with Crippen LogP contribution in [0.15, 0.2) is 85.2 Å². The van der Waals surface area contributed by atoms with Crippen LogP contribution in [-0.2, 0) is 6.61 Å². The summed E-state index contributed by atoms with van der Waals surface area (Å²) in [5.41, 5.74) is 7.38. The summed E-state index contributed by atoms with van der Waals surface area (Å²) in [7, 11) is 0. The molecule has 3 aromatic carbocycles. The summed E-state index contributed by atoms with van der Waals surface area (Å²) in [5, 5.41) is 11.7. The van der Waals surface area contributed by atoms with Crippen LogP contribution >= 0.6 is 0 Å². The number of aryl methyl sites for hydroxylation is 1. The van der Waals surface area contributed by atoms with Gasteiger partial charge in [-0.05, 0) is 52.1 Å². The summed E-state index contributed by atoms with van der Waals surface area (Å²) in [5.74, 6) is 0. The average Bonchev–Trinajstić information content (AvgIpc) is 3.18. The molecular weight excluding hydrogens is 344 g/mol. The maximum atomic E-state index is 9.25. The zero-order chi connectivity index (χ0) is 19.1. The summed E-state index contributed by atoms with van der Waals surface area (Å²) in [6.45, 7) is 2.16. The quantitative estimate of drug-likeness (QED) is 0.451. The smallest absolute Gasteiger partial charge is 0.140 e. The van der Waals surface area contributed by atoms with Gasteiger partial charge in [0.15, 0.2) is 0 Å². The zero-order valence-corrected chi connectivity index (χ0v) is 15.6. The lowest BCUT2D eigenvalue weighted by atomic mass is 10.0. The number of pyridine rings is 1. The highest BCUT2D eigenvalue weighted by Crippen LogP contribution is 2.28. The average molecular weight is 364 g/mol. The number of fused-ring (bicyclic) bond motifs is 2. The normalized spacial score (nSPS) is 11.4. The van der Waals surface area contributed by atoms with E-state index in [1.807, 2.05) is 24.3 Å². The fourth-order valence-corrected chi connectivity index (χ4v) is 3.72. The lowest BCUT2D eigenvalue weighted by molar-refractivity contribution is 0.282. The molecular formula is C25H20N2O. The molecule has 2 aromatic heterocycles. The van der Waals surface area contributed by atoms with Gasteiger partial charge >= 0.3 is 0 Å². The minimum Gasteiger partial charge on any atom is -0.392 e. The number of aliphatic hydroxyl groups is 1. The third-order valence-electron chi connectivity index (χ3n) is 5.25. The van der Waals surface area contributed by atoms with Gasteiger partial charge in [-0.3, -0.25) is 0 Å². The monoisotopic (exact) mass is 364 g/mol. The van der Waals surface area contributed by atoms with Crippen molar-refractivity contribution in [3.63, 3.8) is 0 Å². The molecule has 0 spiro atoms. The fourth-order valence-electron chi connectivity index (χ4n) is 3.72. The second kappa shape index (κ2) is 6.63. The van der Waals surface area contributed by atoms with Gasteiger partial charge < -0.3 is 9.51 Å². The molecule has 0 aliphatic heterocycles. The van der Waals surface area contributed by atoms with E-state index in [0.717, 1.165) is 39.2 Å². The molecule has 0 amide bonds. The Morgan fingerprint density at radius 1 is 0.786 bits per heavy atom. The van der Waals surface area contributed by atoms with E-state index < -0.39 is 0 Å². The number of aromatic nitrogens is 2. The van der Waals surface area contributed by atoms with Crippen LogP contribution in [0.25, 0.3) is 38.8 Å². The first-order valence-electron chi connectivity index (χ1n) is 9.40. The molecule has 0 saturated carbocycles. The summed E-state index contributed by atoms with van der Waals surface area (Å²) < 4.78 is 2.11. The number of aliphatic hydroxyl groups excluding tert-OH is 1. The minimum absolute atomic E-state index is 0.0645. The van der Waals surface area contributed by atoms with Crippen molar-refractivity contribution in [1.29, 1.82) is 0 Å². The highest BCUT2D eigenvalue weighted by atomic mass is 16.3. The van der Waals surface area contributed by atoms with Gasteiger partial charge in [0.1, 0.15) is 5.65 Å². The van der Waals surface area contributed by atoms with Crippen LogP contribution in [0.4, 0.5) is 0 Å². The van der Waals surface area contributed by atoms with E-state index in [2.05, 4.69) is 72.2 Å². The third kappa shape index (κ3) is 2.86. The summed E-state index contributed by atoms with van der Waals surface area (Å²) >= 11 is 0. The van der Waals surface area contributed by atoms with Gasteiger partial charge in [-0.1, -0.05) is 60.7 Å². The maximum absolute atomic E-state index is 9.25. The third-order valence-corrected chi connectivity index (χ3v) is 5.25. The first-order valence-corrected chi connectivity index (χ1v) is 9.40. The molecule has 3 nitrogen and oxygen atoms in total. The Kier molecular flexibility index (Phi) is 3.96. The van der Waals surface area contributed by atoms with E-state index >= 15 is 0 Å². The molecule has 0 atom stereocenters. The molecule has 3 heteroatoms. The molecule has 5 rings (SSSR count). The highest BCUT2D eigenvalue weighted by molar-refractivity contribution is 5.87. The van der Waals surface area contributed by atoms with Gasteiger partial charge in [-0.2, -0.15) is 0 Å². The standard InChI is InChI=1S/C25H20N2O/c1-17-12-23(20-8-6-18(16-28)7-9-20)14-27-15-24(26-25(17)27)22-11-10-19-4-2-3-5-21(19)13-22/h2-15,28H,16H2,1H3. The van der Waals surface area contributed by atoms with Crippen LogP contribution < -0.4 is 0 Å². The number of hydrogen-bond acceptors (Lipinski definition) is 2. The predicted octanol–water partition coefficient (Wildman–Crippen LogP) is 5.62. The van der Waals surface area contributed by atoms with Crippen LogP contribution in [0.2, 0.25) is 0 Å². The second-order valence-corrected chi connectivity index (χ2v) is 7.19. The van der Waals surface area contributed by atoms with E-state index in [0.29, 0.717) is 0 Å². The SMILES string of the molecule is Cc1cc(-c2ccc(CO)cc2)cn2cc(-c3ccc4ccccc4c3)nc12. The van der Waals surface area contributed by atoms with Gasteiger partial charge in [0, 0.05) is 18.0 Å². The Bertz CT molecular complexity index is 1300. The van der Waals surface area contributed by atoms with Crippen molar-refractivity contribution in [3.05, 3.63) is 96.3 Å². The Labute approximate surface area is 163 Å². The largest absolute Gasteiger partial charge is 0.392 e. The van der Waals surface area contributed by atoms with Gasteiger partial charge in [-0.25, -0.2) is 4.98 Å². The number of rotatable bonds is 3. The lowest BCUT2D eigenvalue weighted by Gasteiger charge is -2.06. The van der Waals surface area contributed by atoms with Crippen molar-refractivity contribution in [2.45, 2.75) is 13.5 Å². The van der Waals surface area contributed by atoms with Crippen LogP contribution in [0.3, 0.4) is 0 Å². The number of hydrogen-bond donors (Lipinski definition) is 1. The predicted molar refractivity (Wildman–Crippen MR) is 114 cm³/mol. The highest BCUT2D eigenvalue weighted by Gasteiger charge is 2.09. The second-order valence-electron chi connectivity index (χ2n) is 7.19. The van der Waals surface area contributed by atoms with Crippen LogP contribution in [-0.4, -0.2) is 14.5 Å². The lowest BCUT2D eigenvalue weighted by Crippen LogP contribution is -1.90. The Balaban J connectivity index is 1.60. The van der Waals surface area contributed by atoms with Gasteiger partial charge in [-0.15, -0.1) is 0 Å². The van der Waals surface area contributed by atoms with Crippen molar-refractivity contribution in [3.8, 4) is 22.4 Å². The van der Waals surface area contributed by atoms with E-state index in [1.54, 1.807) is 0 Å². The maximum Gasteiger partial charge on any atom is 0.140 e. The molecule has 5 aromatic rings. The molecule has 0 aliphatic carbocycles. The number of nitrogens with zero attached hydrogens (tertiary/aromatic N) is 2. The summed E-state index contributed by atoms with van der Waals surface area (Å²) in [4.78, 5) is 4.88. The van der Waals surface area contributed by atoms with Gasteiger partial charge in [0.25, 0.3) is 0 Å².